The standard InChI is InChI=1S/C20H24N4O2/c25-19(22-18-6-2-1-3-7-18)16-23-11-13-24(14-12-23)20(26)9-8-17-5-4-10-21-15-17/h1-7,10,15H,8-9,11-14,16H2,(H,22,25). The molecule has 1 aliphatic heterocycles. The van der Waals surface area contributed by atoms with Crippen LogP contribution in [-0.4, -0.2) is 59.3 Å². The van der Waals surface area contributed by atoms with Crippen LogP contribution in [0.5, 0.6) is 0 Å². The van der Waals surface area contributed by atoms with E-state index in [1.807, 2.05) is 47.4 Å². The molecule has 0 saturated carbocycles. The lowest BCUT2D eigenvalue weighted by atomic mass is 10.1. The van der Waals surface area contributed by atoms with Gasteiger partial charge in [-0.2, -0.15) is 0 Å². The van der Waals surface area contributed by atoms with Crippen LogP contribution in [0.4, 0.5) is 5.69 Å². The second-order valence-electron chi connectivity index (χ2n) is 6.43. The number of pyridine rings is 1. The number of hydrogen-bond donors (Lipinski definition) is 1. The van der Waals surface area contributed by atoms with Crippen molar-refractivity contribution < 1.29 is 9.59 Å². The van der Waals surface area contributed by atoms with Crippen molar-refractivity contribution in [1.82, 2.24) is 14.8 Å². The minimum atomic E-state index is -0.0208. The van der Waals surface area contributed by atoms with Crippen molar-refractivity contribution in [3.63, 3.8) is 0 Å². The summed E-state index contributed by atoms with van der Waals surface area (Å²) in [5.41, 5.74) is 1.89. The first-order chi connectivity index (χ1) is 12.7. The largest absolute Gasteiger partial charge is 0.340 e. The van der Waals surface area contributed by atoms with Gasteiger partial charge in [-0.1, -0.05) is 24.3 Å². The summed E-state index contributed by atoms with van der Waals surface area (Å²) in [6, 6.07) is 13.3. The molecule has 0 unspecified atom stereocenters. The molecule has 1 aliphatic rings. The zero-order chi connectivity index (χ0) is 18.2. The number of carbonyl (C=O) groups is 2. The van der Waals surface area contributed by atoms with Gasteiger partial charge >= 0.3 is 0 Å². The molecule has 0 atom stereocenters. The van der Waals surface area contributed by atoms with Crippen LogP contribution >= 0.6 is 0 Å². The highest BCUT2D eigenvalue weighted by molar-refractivity contribution is 5.92. The van der Waals surface area contributed by atoms with Crippen molar-refractivity contribution in [1.29, 1.82) is 0 Å². The third-order valence-electron chi connectivity index (χ3n) is 4.50. The van der Waals surface area contributed by atoms with Gasteiger partial charge in [-0.25, -0.2) is 0 Å². The Morgan fingerprint density at radius 2 is 1.77 bits per heavy atom. The van der Waals surface area contributed by atoms with Gasteiger partial charge in [0.15, 0.2) is 0 Å². The highest BCUT2D eigenvalue weighted by Crippen LogP contribution is 2.09. The quantitative estimate of drug-likeness (QED) is 0.861. The molecular formula is C20H24N4O2. The van der Waals surface area contributed by atoms with Gasteiger partial charge in [0, 0.05) is 50.7 Å². The van der Waals surface area contributed by atoms with E-state index in [9.17, 15) is 9.59 Å². The molecule has 0 bridgehead atoms. The second kappa shape index (κ2) is 9.10. The Morgan fingerprint density at radius 1 is 1.00 bits per heavy atom. The van der Waals surface area contributed by atoms with Crippen LogP contribution in [0, 0.1) is 0 Å². The van der Waals surface area contributed by atoms with Crippen LogP contribution in [0.1, 0.15) is 12.0 Å². The number of hydrogen-bond acceptors (Lipinski definition) is 4. The molecule has 3 rings (SSSR count). The van der Waals surface area contributed by atoms with Gasteiger partial charge in [-0.05, 0) is 30.2 Å². The number of aromatic nitrogens is 1. The number of piperazine rings is 1. The Hall–Kier alpha value is -2.73. The summed E-state index contributed by atoms with van der Waals surface area (Å²) >= 11 is 0. The molecule has 1 aromatic carbocycles. The highest BCUT2D eigenvalue weighted by Gasteiger charge is 2.22. The topological polar surface area (TPSA) is 65.5 Å². The number of aryl methyl sites for hydroxylation is 1. The highest BCUT2D eigenvalue weighted by atomic mass is 16.2. The van der Waals surface area contributed by atoms with E-state index in [0.29, 0.717) is 32.5 Å². The third kappa shape index (κ3) is 5.39. The fourth-order valence-corrected chi connectivity index (χ4v) is 3.04. The Bertz CT molecular complexity index is 713. The zero-order valence-corrected chi connectivity index (χ0v) is 14.8. The smallest absolute Gasteiger partial charge is 0.238 e. The first-order valence-electron chi connectivity index (χ1n) is 8.94. The van der Waals surface area contributed by atoms with E-state index in [4.69, 9.17) is 0 Å². The van der Waals surface area contributed by atoms with E-state index >= 15 is 0 Å². The van der Waals surface area contributed by atoms with E-state index in [2.05, 4.69) is 15.2 Å². The molecule has 26 heavy (non-hydrogen) atoms. The molecule has 6 heteroatoms. The number of carbonyl (C=O) groups excluding carboxylic acids is 2. The normalized spacial score (nSPS) is 14.8. The van der Waals surface area contributed by atoms with Crippen molar-refractivity contribution in [2.75, 3.05) is 38.0 Å². The maximum atomic E-state index is 12.3. The van der Waals surface area contributed by atoms with Gasteiger partial charge in [0.05, 0.1) is 6.54 Å². The maximum absolute atomic E-state index is 12.3. The summed E-state index contributed by atoms with van der Waals surface area (Å²) in [6.45, 7) is 3.14. The minimum absolute atomic E-state index is 0.0208. The van der Waals surface area contributed by atoms with Gasteiger partial charge in [-0.15, -0.1) is 0 Å². The van der Waals surface area contributed by atoms with Gasteiger partial charge in [0.2, 0.25) is 11.8 Å². The number of para-hydroxylation sites is 1. The van der Waals surface area contributed by atoms with Gasteiger partial charge in [-0.3, -0.25) is 19.5 Å². The Morgan fingerprint density at radius 3 is 2.46 bits per heavy atom. The van der Waals surface area contributed by atoms with Crippen LogP contribution in [-0.2, 0) is 16.0 Å². The van der Waals surface area contributed by atoms with Crippen molar-refractivity contribution in [2.45, 2.75) is 12.8 Å². The molecule has 136 valence electrons. The molecule has 2 aromatic rings. The van der Waals surface area contributed by atoms with Crippen molar-refractivity contribution in [3.05, 3.63) is 60.4 Å². The van der Waals surface area contributed by atoms with E-state index in [0.717, 1.165) is 24.3 Å². The fourth-order valence-electron chi connectivity index (χ4n) is 3.04. The Balaban J connectivity index is 1.38. The monoisotopic (exact) mass is 352 g/mol. The number of amides is 2. The predicted molar refractivity (Wildman–Crippen MR) is 101 cm³/mol. The lowest BCUT2D eigenvalue weighted by Gasteiger charge is -2.34. The van der Waals surface area contributed by atoms with Crippen LogP contribution in [0.2, 0.25) is 0 Å². The zero-order valence-electron chi connectivity index (χ0n) is 14.8. The average Bonchev–Trinajstić information content (AvgIpc) is 2.68. The Kier molecular flexibility index (Phi) is 6.33. The van der Waals surface area contributed by atoms with Crippen molar-refractivity contribution >= 4 is 17.5 Å². The summed E-state index contributed by atoms with van der Waals surface area (Å²) in [6.07, 6.45) is 4.75. The Labute approximate surface area is 153 Å². The number of nitrogens with zero attached hydrogens (tertiary/aromatic N) is 3. The summed E-state index contributed by atoms with van der Waals surface area (Å²) in [4.78, 5) is 32.5. The first kappa shape index (κ1) is 18.1. The van der Waals surface area contributed by atoms with Crippen LogP contribution in [0.25, 0.3) is 0 Å². The van der Waals surface area contributed by atoms with Crippen molar-refractivity contribution in [2.24, 2.45) is 0 Å². The fraction of sp³-hybridized carbons (Fsp3) is 0.350. The second-order valence-corrected chi connectivity index (χ2v) is 6.43. The molecule has 2 amide bonds. The molecule has 1 saturated heterocycles. The van der Waals surface area contributed by atoms with E-state index in [1.54, 1.807) is 12.4 Å². The van der Waals surface area contributed by atoms with Gasteiger partial charge in [0.25, 0.3) is 0 Å². The lowest BCUT2D eigenvalue weighted by Crippen LogP contribution is -2.50. The number of anilines is 1. The predicted octanol–water partition coefficient (Wildman–Crippen LogP) is 1.80. The molecule has 0 radical (unpaired) electrons. The number of nitrogens with one attached hydrogen (secondary N) is 1. The summed E-state index contributed by atoms with van der Waals surface area (Å²) in [5, 5.41) is 2.89. The summed E-state index contributed by atoms with van der Waals surface area (Å²) < 4.78 is 0. The van der Waals surface area contributed by atoms with Crippen LogP contribution < -0.4 is 5.32 Å². The molecule has 0 spiro atoms. The van der Waals surface area contributed by atoms with Gasteiger partial charge in [0.1, 0.15) is 0 Å². The van der Waals surface area contributed by atoms with Crippen molar-refractivity contribution in [3.8, 4) is 0 Å². The van der Waals surface area contributed by atoms with E-state index in [-0.39, 0.29) is 11.8 Å². The van der Waals surface area contributed by atoms with E-state index < -0.39 is 0 Å². The molecule has 6 nitrogen and oxygen atoms in total. The number of benzene rings is 1. The average molecular weight is 352 g/mol. The van der Waals surface area contributed by atoms with E-state index in [1.165, 1.54) is 0 Å². The molecule has 1 fully saturated rings. The molecule has 2 heterocycles. The lowest BCUT2D eigenvalue weighted by molar-refractivity contribution is -0.133. The third-order valence-corrected chi connectivity index (χ3v) is 4.50. The minimum Gasteiger partial charge on any atom is -0.340 e. The molecule has 1 N–H and O–H groups in total. The summed E-state index contributed by atoms with van der Waals surface area (Å²) in [5.74, 6) is 0.148. The van der Waals surface area contributed by atoms with Crippen LogP contribution in [0.15, 0.2) is 54.9 Å². The first-order valence-corrected chi connectivity index (χ1v) is 8.94. The molecular weight excluding hydrogens is 328 g/mol. The van der Waals surface area contributed by atoms with Crippen LogP contribution in [0.3, 0.4) is 0 Å². The molecule has 1 aromatic heterocycles. The van der Waals surface area contributed by atoms with Gasteiger partial charge < -0.3 is 10.2 Å². The maximum Gasteiger partial charge on any atom is 0.238 e. The molecule has 0 aliphatic carbocycles. The SMILES string of the molecule is O=C(CN1CCN(C(=O)CCc2cccnc2)CC1)Nc1ccccc1. The number of rotatable bonds is 6. The summed E-state index contributed by atoms with van der Waals surface area (Å²) in [7, 11) is 0.